The maximum Gasteiger partial charge on any atom is 0.252 e. The summed E-state index contributed by atoms with van der Waals surface area (Å²) < 4.78 is 34.8. The van der Waals surface area contributed by atoms with Crippen LogP contribution in [0.25, 0.3) is 0 Å². The maximum atomic E-state index is 13.2. The van der Waals surface area contributed by atoms with Crippen molar-refractivity contribution in [3.05, 3.63) is 23.8 Å². The quantitative estimate of drug-likeness (QED) is 0.434. The van der Waals surface area contributed by atoms with Crippen molar-refractivity contribution < 1.29 is 23.1 Å². The summed E-state index contributed by atoms with van der Waals surface area (Å²) in [7, 11) is -3.95. The monoisotopic (exact) mass is 519 g/mol. The third kappa shape index (κ3) is 5.14. The van der Waals surface area contributed by atoms with Gasteiger partial charge in [-0.1, -0.05) is 33.1 Å². The van der Waals surface area contributed by atoms with Crippen LogP contribution in [0.15, 0.2) is 33.2 Å². The van der Waals surface area contributed by atoms with Gasteiger partial charge < -0.3 is 15.2 Å². The van der Waals surface area contributed by atoms with Gasteiger partial charge in [-0.2, -0.15) is 5.10 Å². The molecule has 2 heterocycles. The first-order valence-corrected chi connectivity index (χ1v) is 14.3. The number of aliphatic imine (C=N–C) groups is 1. The molecule has 1 aromatic rings. The Morgan fingerprint density at radius 3 is 2.64 bits per heavy atom. The third-order valence-electron chi connectivity index (χ3n) is 7.38. The highest BCUT2D eigenvalue weighted by atomic mass is 32.2. The van der Waals surface area contributed by atoms with Crippen molar-refractivity contribution in [2.45, 2.75) is 82.8 Å². The highest BCUT2D eigenvalue weighted by molar-refractivity contribution is 7.89. The number of hydrazone groups is 1. The Labute approximate surface area is 213 Å². The van der Waals surface area contributed by atoms with E-state index >= 15 is 0 Å². The number of sulfonamides is 1. The summed E-state index contributed by atoms with van der Waals surface area (Å²) in [6.07, 6.45) is 5.02. The number of nitrogens with zero attached hydrogens (tertiary/aromatic N) is 3. The molecule has 2 aliphatic heterocycles. The predicted octanol–water partition coefficient (Wildman–Crippen LogP) is 2.22. The first kappa shape index (κ1) is 26.6. The Hall–Kier alpha value is -2.50. The van der Waals surface area contributed by atoms with Gasteiger partial charge in [0.1, 0.15) is 11.6 Å². The summed E-state index contributed by atoms with van der Waals surface area (Å²) in [6, 6.07) is 3.14. The van der Waals surface area contributed by atoms with Crippen LogP contribution >= 0.6 is 0 Å². The largest absolute Gasteiger partial charge is 0.493 e. The highest BCUT2D eigenvalue weighted by Gasteiger charge is 2.45. The Morgan fingerprint density at radius 2 is 2.00 bits per heavy atom. The maximum absolute atomic E-state index is 13.2. The van der Waals surface area contributed by atoms with Crippen molar-refractivity contribution in [3.8, 4) is 5.75 Å². The summed E-state index contributed by atoms with van der Waals surface area (Å²) in [5.41, 5.74) is 0.376. The van der Waals surface area contributed by atoms with Crippen molar-refractivity contribution in [3.63, 3.8) is 0 Å². The number of carbonyl (C=O) groups is 1. The smallest absolute Gasteiger partial charge is 0.252 e. The zero-order valence-corrected chi connectivity index (χ0v) is 22.2. The molecule has 4 rings (SSSR count). The van der Waals surface area contributed by atoms with Gasteiger partial charge in [0, 0.05) is 12.0 Å². The fourth-order valence-corrected chi connectivity index (χ4v) is 6.44. The molecule has 4 atom stereocenters. The van der Waals surface area contributed by atoms with Crippen LogP contribution in [0.2, 0.25) is 0 Å². The van der Waals surface area contributed by atoms with E-state index < -0.39 is 22.1 Å². The van der Waals surface area contributed by atoms with E-state index in [4.69, 9.17) is 14.8 Å². The van der Waals surface area contributed by atoms with E-state index in [1.54, 1.807) is 11.1 Å². The number of aliphatic hydroxyl groups excluding tert-OH is 1. The second kappa shape index (κ2) is 10.9. The minimum atomic E-state index is -3.95. The molecule has 3 aliphatic rings. The van der Waals surface area contributed by atoms with Crippen molar-refractivity contribution in [2.75, 3.05) is 13.2 Å². The fourth-order valence-electron chi connectivity index (χ4n) is 5.08. The lowest BCUT2D eigenvalue weighted by molar-refractivity contribution is -0.124. The third-order valence-corrected chi connectivity index (χ3v) is 8.87. The molecule has 198 valence electrons. The molecule has 4 unspecified atom stereocenters. The number of amides is 1. The molecular formula is C25H37N5O5S. The van der Waals surface area contributed by atoms with Crippen LogP contribution in [-0.2, 0) is 14.8 Å². The second-order valence-corrected chi connectivity index (χ2v) is 11.5. The summed E-state index contributed by atoms with van der Waals surface area (Å²) in [6.45, 7) is 7.62. The molecule has 1 aromatic carbocycles. The van der Waals surface area contributed by atoms with Gasteiger partial charge in [0.2, 0.25) is 10.0 Å². The number of benzene rings is 1. The molecular weight excluding hydrogens is 482 g/mol. The first-order chi connectivity index (χ1) is 17.2. The average Bonchev–Trinajstić information content (AvgIpc) is 3.50. The fraction of sp³-hybridized carbons (Fsp3) is 0.640. The molecule has 1 amide bonds. The van der Waals surface area contributed by atoms with E-state index in [0.29, 0.717) is 24.3 Å². The lowest BCUT2D eigenvalue weighted by atomic mass is 10.0. The van der Waals surface area contributed by atoms with Gasteiger partial charge in [-0.05, 0) is 50.8 Å². The molecule has 11 heteroatoms. The number of ether oxygens (including phenoxy) is 1. The standard InChI is InChI=1S/C25H37N5O5S/c1-5-15(3)20(14-31)29-36(33,34)18-11-12-21(35-6-2)19(13-18)23-27-25(32)22-16(4)26-24(30(22)28-23)17-9-7-8-10-17/h11-13,15-17,20,22,29,31H,5-10,14H2,1-4H3,(H,27,28,32). The molecule has 1 aliphatic carbocycles. The Balaban J connectivity index is 1.72. The van der Waals surface area contributed by atoms with Crippen LogP contribution in [0.4, 0.5) is 0 Å². The first-order valence-electron chi connectivity index (χ1n) is 12.9. The van der Waals surface area contributed by atoms with Gasteiger partial charge in [0.05, 0.1) is 29.7 Å². The van der Waals surface area contributed by atoms with Gasteiger partial charge >= 0.3 is 0 Å². The zero-order chi connectivity index (χ0) is 26.0. The van der Waals surface area contributed by atoms with Crippen LogP contribution in [0.1, 0.15) is 65.4 Å². The number of carbonyl (C=O) groups excluding carboxylic acids is 1. The van der Waals surface area contributed by atoms with E-state index in [1.807, 2.05) is 27.7 Å². The number of nitrogens with one attached hydrogen (secondary N) is 2. The van der Waals surface area contributed by atoms with E-state index in [0.717, 1.165) is 31.5 Å². The number of amidine groups is 2. The summed E-state index contributed by atoms with van der Waals surface area (Å²) >= 11 is 0. The van der Waals surface area contributed by atoms with Crippen LogP contribution in [-0.4, -0.2) is 67.5 Å². The minimum Gasteiger partial charge on any atom is -0.493 e. The van der Waals surface area contributed by atoms with Gasteiger partial charge in [0.25, 0.3) is 5.91 Å². The van der Waals surface area contributed by atoms with Crippen LogP contribution < -0.4 is 14.8 Å². The molecule has 36 heavy (non-hydrogen) atoms. The van der Waals surface area contributed by atoms with E-state index in [9.17, 15) is 18.3 Å². The molecule has 10 nitrogen and oxygen atoms in total. The van der Waals surface area contributed by atoms with Crippen molar-refractivity contribution >= 4 is 27.6 Å². The van der Waals surface area contributed by atoms with Crippen molar-refractivity contribution in [1.82, 2.24) is 15.0 Å². The molecule has 0 bridgehead atoms. The number of aliphatic hydroxyl groups is 1. The van der Waals surface area contributed by atoms with Crippen LogP contribution in [0, 0.1) is 11.8 Å². The minimum absolute atomic E-state index is 0.00116. The number of rotatable bonds is 10. The average molecular weight is 520 g/mol. The number of hydrogen-bond acceptors (Lipinski definition) is 8. The van der Waals surface area contributed by atoms with Gasteiger partial charge in [0.15, 0.2) is 11.9 Å². The van der Waals surface area contributed by atoms with Gasteiger partial charge in [-0.25, -0.2) is 18.1 Å². The summed E-state index contributed by atoms with van der Waals surface area (Å²) in [5.74, 6) is 1.48. The van der Waals surface area contributed by atoms with Crippen molar-refractivity contribution in [1.29, 1.82) is 0 Å². The molecule has 0 radical (unpaired) electrons. The number of hydrogen-bond donors (Lipinski definition) is 3. The van der Waals surface area contributed by atoms with Gasteiger partial charge in [-0.3, -0.25) is 9.79 Å². The second-order valence-electron chi connectivity index (χ2n) is 9.82. The van der Waals surface area contributed by atoms with Crippen LogP contribution in [0.3, 0.4) is 0 Å². The Kier molecular flexibility index (Phi) is 8.01. The predicted molar refractivity (Wildman–Crippen MR) is 137 cm³/mol. The highest BCUT2D eigenvalue weighted by Crippen LogP contribution is 2.34. The van der Waals surface area contributed by atoms with E-state index in [2.05, 4.69) is 10.0 Å². The topological polar surface area (TPSA) is 133 Å². The molecule has 1 fully saturated rings. The van der Waals surface area contributed by atoms with E-state index in [-0.39, 0.29) is 41.1 Å². The van der Waals surface area contributed by atoms with Crippen LogP contribution in [0.5, 0.6) is 5.75 Å². The molecule has 0 saturated heterocycles. The molecule has 0 spiro atoms. The lowest BCUT2D eigenvalue weighted by Crippen LogP contribution is -2.55. The zero-order valence-electron chi connectivity index (χ0n) is 21.4. The van der Waals surface area contributed by atoms with E-state index in [1.165, 1.54) is 12.1 Å². The lowest BCUT2D eigenvalue weighted by Gasteiger charge is -2.31. The van der Waals surface area contributed by atoms with Gasteiger partial charge in [-0.15, -0.1) is 0 Å². The normalized spacial score (nSPS) is 24.1. The SMILES string of the molecule is CCOc1ccc(S(=O)(=O)NC(CO)C(C)CC)cc1C1=NN2C(C3CCCC3)=NC(C)C2C(=O)N1. The summed E-state index contributed by atoms with van der Waals surface area (Å²) in [4.78, 5) is 18.0. The molecule has 1 saturated carbocycles. The Bertz CT molecular complexity index is 1150. The number of fused-ring (bicyclic) bond motifs is 1. The Morgan fingerprint density at radius 1 is 1.28 bits per heavy atom. The summed E-state index contributed by atoms with van der Waals surface area (Å²) in [5, 5.41) is 19.1. The van der Waals surface area contributed by atoms with Crippen molar-refractivity contribution in [2.24, 2.45) is 21.9 Å². The molecule has 3 N–H and O–H groups in total. The molecule has 0 aromatic heterocycles.